The summed E-state index contributed by atoms with van der Waals surface area (Å²) in [5.41, 5.74) is 2.80. The molecule has 0 atom stereocenters. The van der Waals surface area contributed by atoms with Crippen LogP contribution in [-0.4, -0.2) is 25.6 Å². The molecule has 0 aliphatic heterocycles. The van der Waals surface area contributed by atoms with Gasteiger partial charge in [0.25, 0.3) is 5.91 Å². The maximum atomic E-state index is 12.1. The molecule has 2 aromatic rings. The number of aryl methyl sites for hydroxylation is 1. The fourth-order valence-corrected chi connectivity index (χ4v) is 2.49. The molecule has 2 rings (SSSR count). The van der Waals surface area contributed by atoms with Gasteiger partial charge in [-0.25, -0.2) is 4.79 Å². The number of benzene rings is 2. The number of rotatable bonds is 6. The van der Waals surface area contributed by atoms with Gasteiger partial charge in [-0.05, 0) is 42.2 Å². The van der Waals surface area contributed by atoms with Gasteiger partial charge in [0.2, 0.25) is 0 Å². The molecule has 0 unspecified atom stereocenters. The number of ether oxygens (including phenoxy) is 2. The Bertz CT molecular complexity index is 800. The van der Waals surface area contributed by atoms with E-state index >= 15 is 0 Å². The standard InChI is InChI=1S/C20H22ClNO4/c1-12(2)14-5-7-15(8-6-14)20(24)26-11-19(23)22-17-9-13(3)16(21)10-18(17)25-4/h5-10,12H,11H2,1-4H3,(H,22,23). The Morgan fingerprint density at radius 1 is 1.15 bits per heavy atom. The predicted octanol–water partition coefficient (Wildman–Crippen LogP) is 4.58. The number of carbonyl (C=O) groups excluding carboxylic acids is 2. The zero-order chi connectivity index (χ0) is 19.3. The topological polar surface area (TPSA) is 64.6 Å². The van der Waals surface area contributed by atoms with E-state index in [1.165, 1.54) is 7.11 Å². The van der Waals surface area contributed by atoms with E-state index in [0.29, 0.717) is 27.9 Å². The molecule has 0 aromatic heterocycles. The van der Waals surface area contributed by atoms with Crippen molar-refractivity contribution in [2.75, 3.05) is 19.0 Å². The fourth-order valence-electron chi connectivity index (χ4n) is 2.33. The Morgan fingerprint density at radius 2 is 1.81 bits per heavy atom. The van der Waals surface area contributed by atoms with E-state index in [0.717, 1.165) is 11.1 Å². The van der Waals surface area contributed by atoms with Crippen molar-refractivity contribution in [1.29, 1.82) is 0 Å². The lowest BCUT2D eigenvalue weighted by atomic mass is 10.0. The molecule has 0 aliphatic carbocycles. The summed E-state index contributed by atoms with van der Waals surface area (Å²) >= 11 is 6.04. The minimum absolute atomic E-state index is 0.378. The second kappa shape index (κ2) is 8.72. The summed E-state index contributed by atoms with van der Waals surface area (Å²) in [4.78, 5) is 24.1. The summed E-state index contributed by atoms with van der Waals surface area (Å²) < 4.78 is 10.3. The summed E-state index contributed by atoms with van der Waals surface area (Å²) in [6.07, 6.45) is 0. The molecule has 0 saturated heterocycles. The van der Waals surface area contributed by atoms with E-state index in [1.54, 1.807) is 24.3 Å². The third-order valence-corrected chi connectivity index (χ3v) is 4.31. The van der Waals surface area contributed by atoms with Crippen molar-refractivity contribution in [2.45, 2.75) is 26.7 Å². The summed E-state index contributed by atoms with van der Waals surface area (Å²) in [5.74, 6) is -0.194. The molecule has 0 heterocycles. The van der Waals surface area contributed by atoms with Crippen LogP contribution in [0.1, 0.15) is 41.3 Å². The molecule has 0 radical (unpaired) electrons. The van der Waals surface area contributed by atoms with Crippen LogP contribution >= 0.6 is 11.6 Å². The van der Waals surface area contributed by atoms with Gasteiger partial charge in [0, 0.05) is 11.1 Å². The second-order valence-electron chi connectivity index (χ2n) is 6.20. The molecule has 1 N–H and O–H groups in total. The first-order valence-electron chi connectivity index (χ1n) is 8.23. The van der Waals surface area contributed by atoms with E-state index in [4.69, 9.17) is 21.1 Å². The van der Waals surface area contributed by atoms with Crippen LogP contribution in [0.3, 0.4) is 0 Å². The van der Waals surface area contributed by atoms with Crippen molar-refractivity contribution in [3.8, 4) is 5.75 Å². The number of halogens is 1. The van der Waals surface area contributed by atoms with Crippen LogP contribution < -0.4 is 10.1 Å². The molecular formula is C20H22ClNO4. The lowest BCUT2D eigenvalue weighted by Crippen LogP contribution is -2.21. The van der Waals surface area contributed by atoms with Crippen molar-refractivity contribution < 1.29 is 19.1 Å². The lowest BCUT2D eigenvalue weighted by Gasteiger charge is -2.12. The molecule has 1 amide bonds. The molecular weight excluding hydrogens is 354 g/mol. The van der Waals surface area contributed by atoms with Crippen molar-refractivity contribution >= 4 is 29.2 Å². The third kappa shape index (κ3) is 4.99. The van der Waals surface area contributed by atoms with Crippen molar-refractivity contribution in [1.82, 2.24) is 0 Å². The Hall–Kier alpha value is -2.53. The number of amides is 1. The predicted molar refractivity (Wildman–Crippen MR) is 102 cm³/mol. The first-order valence-corrected chi connectivity index (χ1v) is 8.60. The van der Waals surface area contributed by atoms with E-state index in [1.807, 2.05) is 19.1 Å². The Kier molecular flexibility index (Phi) is 6.64. The van der Waals surface area contributed by atoms with Gasteiger partial charge < -0.3 is 14.8 Å². The van der Waals surface area contributed by atoms with Gasteiger partial charge in [-0.15, -0.1) is 0 Å². The minimum Gasteiger partial charge on any atom is -0.495 e. The highest BCUT2D eigenvalue weighted by Gasteiger charge is 2.14. The molecule has 0 bridgehead atoms. The SMILES string of the molecule is COc1cc(Cl)c(C)cc1NC(=O)COC(=O)c1ccc(C(C)C)cc1. The van der Waals surface area contributed by atoms with E-state index < -0.39 is 18.5 Å². The quantitative estimate of drug-likeness (QED) is 0.751. The molecule has 0 fully saturated rings. The molecule has 5 nitrogen and oxygen atoms in total. The minimum atomic E-state index is -0.547. The Morgan fingerprint density at radius 3 is 2.38 bits per heavy atom. The van der Waals surface area contributed by atoms with Gasteiger partial charge >= 0.3 is 5.97 Å². The third-order valence-electron chi connectivity index (χ3n) is 3.90. The highest BCUT2D eigenvalue weighted by molar-refractivity contribution is 6.31. The Labute approximate surface area is 158 Å². The monoisotopic (exact) mass is 375 g/mol. The lowest BCUT2D eigenvalue weighted by molar-refractivity contribution is -0.119. The smallest absolute Gasteiger partial charge is 0.338 e. The van der Waals surface area contributed by atoms with Gasteiger partial charge in [0.15, 0.2) is 6.61 Å². The van der Waals surface area contributed by atoms with Crippen LogP contribution in [0.5, 0.6) is 5.75 Å². The average molecular weight is 376 g/mol. The molecule has 2 aromatic carbocycles. The van der Waals surface area contributed by atoms with Crippen LogP contribution in [0.25, 0.3) is 0 Å². The number of esters is 1. The summed E-state index contributed by atoms with van der Waals surface area (Å²) in [6, 6.07) is 10.5. The van der Waals surface area contributed by atoms with Gasteiger partial charge in [0.1, 0.15) is 5.75 Å². The molecule has 26 heavy (non-hydrogen) atoms. The number of nitrogens with one attached hydrogen (secondary N) is 1. The van der Waals surface area contributed by atoms with Crippen LogP contribution in [-0.2, 0) is 9.53 Å². The number of hydrogen-bond donors (Lipinski definition) is 1. The molecule has 6 heteroatoms. The highest BCUT2D eigenvalue weighted by Crippen LogP contribution is 2.30. The molecule has 138 valence electrons. The van der Waals surface area contributed by atoms with Crippen LogP contribution in [0.15, 0.2) is 36.4 Å². The summed E-state index contributed by atoms with van der Waals surface area (Å²) in [5, 5.41) is 3.20. The summed E-state index contributed by atoms with van der Waals surface area (Å²) in [6.45, 7) is 5.57. The zero-order valence-electron chi connectivity index (χ0n) is 15.3. The first-order chi connectivity index (χ1) is 12.3. The van der Waals surface area contributed by atoms with Crippen LogP contribution in [0.2, 0.25) is 5.02 Å². The highest BCUT2D eigenvalue weighted by atomic mass is 35.5. The maximum absolute atomic E-state index is 12.1. The van der Waals surface area contributed by atoms with Crippen molar-refractivity contribution in [3.05, 3.63) is 58.1 Å². The first kappa shape index (κ1) is 19.8. The largest absolute Gasteiger partial charge is 0.495 e. The van der Waals surface area contributed by atoms with Gasteiger partial charge in [-0.3, -0.25) is 4.79 Å². The van der Waals surface area contributed by atoms with Crippen molar-refractivity contribution in [2.24, 2.45) is 0 Å². The number of anilines is 1. The molecule has 0 saturated carbocycles. The number of methoxy groups -OCH3 is 1. The van der Waals surface area contributed by atoms with E-state index in [2.05, 4.69) is 19.2 Å². The summed E-state index contributed by atoms with van der Waals surface area (Å²) in [7, 11) is 1.48. The number of carbonyl (C=O) groups is 2. The van der Waals surface area contributed by atoms with Crippen LogP contribution in [0.4, 0.5) is 5.69 Å². The fraction of sp³-hybridized carbons (Fsp3) is 0.300. The van der Waals surface area contributed by atoms with Gasteiger partial charge in [0.05, 0.1) is 18.4 Å². The Balaban J connectivity index is 1.96. The van der Waals surface area contributed by atoms with E-state index in [-0.39, 0.29) is 0 Å². The van der Waals surface area contributed by atoms with Crippen molar-refractivity contribution in [3.63, 3.8) is 0 Å². The molecule has 0 spiro atoms. The van der Waals surface area contributed by atoms with E-state index in [9.17, 15) is 9.59 Å². The second-order valence-corrected chi connectivity index (χ2v) is 6.61. The number of hydrogen-bond acceptors (Lipinski definition) is 4. The average Bonchev–Trinajstić information content (AvgIpc) is 2.62. The van der Waals surface area contributed by atoms with Crippen LogP contribution in [0, 0.1) is 6.92 Å². The van der Waals surface area contributed by atoms with Gasteiger partial charge in [-0.1, -0.05) is 37.6 Å². The molecule has 0 aliphatic rings. The van der Waals surface area contributed by atoms with Gasteiger partial charge in [-0.2, -0.15) is 0 Å². The zero-order valence-corrected chi connectivity index (χ0v) is 16.0. The normalized spacial score (nSPS) is 10.5. The maximum Gasteiger partial charge on any atom is 0.338 e.